The molecule has 0 atom stereocenters. The zero-order valence-electron chi connectivity index (χ0n) is 6.02. The lowest BCUT2D eigenvalue weighted by atomic mass is 10.2. The van der Waals surface area contributed by atoms with Gasteiger partial charge in [0.25, 0.3) is 0 Å². The van der Waals surface area contributed by atoms with Gasteiger partial charge in [-0.2, -0.15) is 0 Å². The number of hydrogen-bond donors (Lipinski definition) is 0. The second-order valence-electron chi connectivity index (χ2n) is 1.76. The summed E-state index contributed by atoms with van der Waals surface area (Å²) in [5.74, 6) is -0.265. The fourth-order valence-electron chi connectivity index (χ4n) is 0.449. The first-order valence-corrected chi connectivity index (χ1v) is 4.65. The van der Waals surface area contributed by atoms with Gasteiger partial charge in [-0.25, -0.2) is 4.79 Å². The minimum atomic E-state index is -0.265. The highest BCUT2D eigenvalue weighted by Crippen LogP contribution is 2.03. The van der Waals surface area contributed by atoms with Crippen LogP contribution in [0.2, 0.25) is 0 Å². The van der Waals surface area contributed by atoms with Crippen molar-refractivity contribution in [3.05, 3.63) is 12.2 Å². The van der Waals surface area contributed by atoms with Gasteiger partial charge in [0, 0.05) is 10.0 Å². The Bertz CT molecular complexity index is 116. The zero-order chi connectivity index (χ0) is 7.98. The lowest BCUT2D eigenvalue weighted by Gasteiger charge is -2.01. The Balaban J connectivity index is 3.60. The molecule has 0 unspecified atom stereocenters. The minimum absolute atomic E-state index is 0.265. The third-order valence-corrected chi connectivity index (χ3v) is 1.50. The van der Waals surface area contributed by atoms with Crippen LogP contribution >= 0.6 is 22.6 Å². The summed E-state index contributed by atoms with van der Waals surface area (Å²) in [6.45, 7) is 5.80. The summed E-state index contributed by atoms with van der Waals surface area (Å²) in [7, 11) is 0. The van der Waals surface area contributed by atoms with Crippen LogP contribution in [0.15, 0.2) is 12.2 Å². The van der Waals surface area contributed by atoms with Gasteiger partial charge in [-0.15, -0.1) is 0 Å². The van der Waals surface area contributed by atoms with Crippen LogP contribution in [0.3, 0.4) is 0 Å². The Morgan fingerprint density at radius 1 is 1.70 bits per heavy atom. The van der Waals surface area contributed by atoms with Gasteiger partial charge >= 0.3 is 5.97 Å². The molecule has 0 bridgehead atoms. The Kier molecular flexibility index (Phi) is 5.67. The fourth-order valence-corrected chi connectivity index (χ4v) is 1.10. The number of halogens is 1. The van der Waals surface area contributed by atoms with Crippen molar-refractivity contribution >= 4 is 28.6 Å². The number of ether oxygens (including phenoxy) is 1. The highest BCUT2D eigenvalue weighted by Gasteiger charge is 2.04. The van der Waals surface area contributed by atoms with Crippen LogP contribution < -0.4 is 0 Å². The number of carbonyl (C=O) groups excluding carboxylic acids is 1. The second-order valence-corrected chi connectivity index (χ2v) is 2.84. The van der Waals surface area contributed by atoms with Gasteiger partial charge in [-0.1, -0.05) is 29.2 Å². The molecular formula is C7H11IO2. The summed E-state index contributed by atoms with van der Waals surface area (Å²) >= 11 is 2.20. The summed E-state index contributed by atoms with van der Waals surface area (Å²) in [4.78, 5) is 10.8. The van der Waals surface area contributed by atoms with Crippen LogP contribution in [0, 0.1) is 0 Å². The molecule has 0 aliphatic heterocycles. The van der Waals surface area contributed by atoms with Crippen molar-refractivity contribution in [1.29, 1.82) is 0 Å². The van der Waals surface area contributed by atoms with E-state index in [-0.39, 0.29) is 5.97 Å². The SMILES string of the molecule is C=C(CCI)C(=O)OCC. The van der Waals surface area contributed by atoms with Crippen molar-refractivity contribution in [3.8, 4) is 0 Å². The number of esters is 1. The Morgan fingerprint density at radius 3 is 2.70 bits per heavy atom. The molecule has 0 N–H and O–H groups in total. The van der Waals surface area contributed by atoms with Gasteiger partial charge in [0.15, 0.2) is 0 Å². The first-order chi connectivity index (χ1) is 4.72. The molecule has 0 aromatic carbocycles. The molecule has 0 radical (unpaired) electrons. The average molecular weight is 254 g/mol. The van der Waals surface area contributed by atoms with E-state index in [1.807, 2.05) is 0 Å². The molecule has 0 aromatic heterocycles. The van der Waals surface area contributed by atoms with Crippen LogP contribution in [0.25, 0.3) is 0 Å². The molecular weight excluding hydrogens is 243 g/mol. The molecule has 0 saturated carbocycles. The van der Waals surface area contributed by atoms with Gasteiger partial charge in [0.05, 0.1) is 6.61 Å². The molecule has 0 amide bonds. The molecule has 3 heteroatoms. The molecule has 0 heterocycles. The van der Waals surface area contributed by atoms with Gasteiger partial charge in [-0.05, 0) is 13.3 Å². The van der Waals surface area contributed by atoms with Crippen molar-refractivity contribution in [2.45, 2.75) is 13.3 Å². The molecule has 0 fully saturated rings. The molecule has 0 aromatic rings. The maximum Gasteiger partial charge on any atom is 0.333 e. The number of alkyl halides is 1. The van der Waals surface area contributed by atoms with Crippen LogP contribution in [-0.2, 0) is 9.53 Å². The first-order valence-electron chi connectivity index (χ1n) is 3.13. The number of carbonyl (C=O) groups is 1. The van der Waals surface area contributed by atoms with E-state index in [2.05, 4.69) is 29.2 Å². The lowest BCUT2D eigenvalue weighted by molar-refractivity contribution is -0.138. The van der Waals surface area contributed by atoms with E-state index in [0.29, 0.717) is 12.2 Å². The Morgan fingerprint density at radius 2 is 2.30 bits per heavy atom. The first kappa shape index (κ1) is 9.94. The molecule has 0 aliphatic rings. The van der Waals surface area contributed by atoms with E-state index in [9.17, 15) is 4.79 Å². The van der Waals surface area contributed by atoms with Crippen molar-refractivity contribution in [1.82, 2.24) is 0 Å². The third kappa shape index (κ3) is 3.87. The Labute approximate surface area is 74.8 Å². The topological polar surface area (TPSA) is 26.3 Å². The quantitative estimate of drug-likeness (QED) is 0.331. The standard InChI is InChI=1S/C7H11IO2/c1-3-10-7(9)6(2)4-5-8/h2-5H2,1H3. The molecule has 0 saturated heterocycles. The van der Waals surface area contributed by atoms with E-state index in [4.69, 9.17) is 4.74 Å². The van der Waals surface area contributed by atoms with E-state index >= 15 is 0 Å². The Hall–Kier alpha value is -0.0600. The highest BCUT2D eigenvalue weighted by molar-refractivity contribution is 14.1. The van der Waals surface area contributed by atoms with E-state index in [1.54, 1.807) is 6.92 Å². The predicted octanol–water partition coefficient (Wildman–Crippen LogP) is 1.93. The molecule has 0 rings (SSSR count). The molecule has 0 spiro atoms. The second kappa shape index (κ2) is 5.70. The largest absolute Gasteiger partial charge is 0.463 e. The molecule has 10 heavy (non-hydrogen) atoms. The average Bonchev–Trinajstić information content (AvgIpc) is 1.89. The van der Waals surface area contributed by atoms with E-state index in [0.717, 1.165) is 10.8 Å². The minimum Gasteiger partial charge on any atom is -0.463 e. The zero-order valence-corrected chi connectivity index (χ0v) is 8.18. The summed E-state index contributed by atoms with van der Waals surface area (Å²) < 4.78 is 5.63. The number of rotatable bonds is 4. The van der Waals surface area contributed by atoms with Crippen molar-refractivity contribution < 1.29 is 9.53 Å². The van der Waals surface area contributed by atoms with Gasteiger partial charge in [0.1, 0.15) is 0 Å². The van der Waals surface area contributed by atoms with E-state index < -0.39 is 0 Å². The monoisotopic (exact) mass is 254 g/mol. The maximum atomic E-state index is 10.8. The summed E-state index contributed by atoms with van der Waals surface area (Å²) in [5, 5.41) is 0. The third-order valence-electron chi connectivity index (χ3n) is 0.960. The maximum absolute atomic E-state index is 10.8. The molecule has 0 aliphatic carbocycles. The predicted molar refractivity (Wildman–Crippen MR) is 49.3 cm³/mol. The summed E-state index contributed by atoms with van der Waals surface area (Å²) in [6, 6.07) is 0. The normalized spacial score (nSPS) is 9.00. The van der Waals surface area contributed by atoms with Gasteiger partial charge < -0.3 is 4.74 Å². The van der Waals surface area contributed by atoms with E-state index in [1.165, 1.54) is 0 Å². The van der Waals surface area contributed by atoms with Gasteiger partial charge in [0.2, 0.25) is 0 Å². The number of hydrogen-bond acceptors (Lipinski definition) is 2. The summed E-state index contributed by atoms with van der Waals surface area (Å²) in [6.07, 6.45) is 0.722. The van der Waals surface area contributed by atoms with Gasteiger partial charge in [-0.3, -0.25) is 0 Å². The molecule has 2 nitrogen and oxygen atoms in total. The summed E-state index contributed by atoms with van der Waals surface area (Å²) in [5.41, 5.74) is 0.566. The van der Waals surface area contributed by atoms with Crippen LogP contribution in [0.5, 0.6) is 0 Å². The molecule has 58 valence electrons. The highest BCUT2D eigenvalue weighted by atomic mass is 127. The van der Waals surface area contributed by atoms with Crippen molar-refractivity contribution in [2.75, 3.05) is 11.0 Å². The fraction of sp³-hybridized carbons (Fsp3) is 0.571. The van der Waals surface area contributed by atoms with Crippen LogP contribution in [-0.4, -0.2) is 17.0 Å². The smallest absolute Gasteiger partial charge is 0.333 e. The van der Waals surface area contributed by atoms with Crippen LogP contribution in [0.4, 0.5) is 0 Å². The van der Waals surface area contributed by atoms with Crippen molar-refractivity contribution in [3.63, 3.8) is 0 Å². The van der Waals surface area contributed by atoms with Crippen LogP contribution in [0.1, 0.15) is 13.3 Å². The lowest BCUT2D eigenvalue weighted by Crippen LogP contribution is -2.06. The van der Waals surface area contributed by atoms with Crippen molar-refractivity contribution in [2.24, 2.45) is 0 Å².